The maximum absolute atomic E-state index is 10.7. The molecule has 1 aliphatic rings. The van der Waals surface area contributed by atoms with Crippen LogP contribution >= 0.6 is 12.2 Å². The molecule has 0 radical (unpaired) electrons. The number of anilines is 3. The Morgan fingerprint density at radius 3 is 2.41 bits per heavy atom. The topological polar surface area (TPSA) is 96.9 Å². The van der Waals surface area contributed by atoms with Crippen LogP contribution in [-0.4, -0.2) is 48.2 Å². The number of hydrogen-bond acceptors (Lipinski definition) is 6. The number of hydrogen-bond donors (Lipinski definition) is 2. The van der Waals surface area contributed by atoms with E-state index in [1.165, 1.54) is 12.1 Å². The van der Waals surface area contributed by atoms with E-state index >= 15 is 0 Å². The number of benzene rings is 2. The first-order valence-electron chi connectivity index (χ1n) is 8.47. The Balaban J connectivity index is 1.57. The predicted molar refractivity (Wildman–Crippen MR) is 111 cm³/mol. The van der Waals surface area contributed by atoms with E-state index < -0.39 is 4.92 Å². The quantitative estimate of drug-likeness (QED) is 0.358. The molecule has 1 fully saturated rings. The fourth-order valence-electron chi connectivity index (χ4n) is 2.97. The van der Waals surface area contributed by atoms with Crippen LogP contribution < -0.4 is 20.7 Å². The first-order valence-corrected chi connectivity index (χ1v) is 8.87. The van der Waals surface area contributed by atoms with Gasteiger partial charge in [-0.2, -0.15) is 0 Å². The lowest BCUT2D eigenvalue weighted by atomic mass is 10.2. The second kappa shape index (κ2) is 8.09. The zero-order valence-electron chi connectivity index (χ0n) is 14.9. The van der Waals surface area contributed by atoms with Crippen LogP contribution in [0.25, 0.3) is 0 Å². The highest BCUT2D eigenvalue weighted by Gasteiger charge is 2.21. The molecule has 0 bridgehead atoms. The lowest BCUT2D eigenvalue weighted by molar-refractivity contribution is -0.384. The molecule has 0 spiro atoms. The van der Waals surface area contributed by atoms with Crippen molar-refractivity contribution in [1.82, 2.24) is 4.90 Å². The van der Waals surface area contributed by atoms with E-state index in [9.17, 15) is 10.1 Å². The summed E-state index contributed by atoms with van der Waals surface area (Å²) in [5.41, 5.74) is 8.60. The number of nitrogen functional groups attached to an aromatic ring is 1. The molecule has 1 heterocycles. The molecule has 3 rings (SSSR count). The third-order valence-corrected chi connectivity index (χ3v) is 4.83. The largest absolute Gasteiger partial charge is 0.497 e. The fraction of sp³-hybridized carbons (Fsp3) is 0.278. The highest BCUT2D eigenvalue weighted by molar-refractivity contribution is 7.80. The van der Waals surface area contributed by atoms with Crippen molar-refractivity contribution in [3.8, 4) is 5.75 Å². The van der Waals surface area contributed by atoms with Crippen molar-refractivity contribution >= 4 is 40.1 Å². The third-order valence-electron chi connectivity index (χ3n) is 4.47. The minimum Gasteiger partial charge on any atom is -0.497 e. The normalized spacial score (nSPS) is 14.0. The Morgan fingerprint density at radius 1 is 1.19 bits per heavy atom. The molecule has 0 aromatic heterocycles. The van der Waals surface area contributed by atoms with Crippen molar-refractivity contribution in [3.63, 3.8) is 0 Å². The monoisotopic (exact) mass is 387 g/mol. The molecule has 1 aliphatic heterocycles. The highest BCUT2D eigenvalue weighted by atomic mass is 32.1. The molecule has 2 aromatic rings. The van der Waals surface area contributed by atoms with Crippen LogP contribution in [0.1, 0.15) is 0 Å². The van der Waals surface area contributed by atoms with Gasteiger partial charge < -0.3 is 25.6 Å². The lowest BCUT2D eigenvalue weighted by Crippen LogP contribution is -2.50. The summed E-state index contributed by atoms with van der Waals surface area (Å²) in [6.07, 6.45) is 0. The smallest absolute Gasteiger partial charge is 0.269 e. The van der Waals surface area contributed by atoms with E-state index in [1.807, 2.05) is 18.2 Å². The van der Waals surface area contributed by atoms with Gasteiger partial charge in [-0.25, -0.2) is 0 Å². The van der Waals surface area contributed by atoms with Crippen LogP contribution in [0, 0.1) is 10.1 Å². The van der Waals surface area contributed by atoms with E-state index in [2.05, 4.69) is 15.1 Å². The maximum atomic E-state index is 10.7. The van der Waals surface area contributed by atoms with Crippen molar-refractivity contribution in [1.29, 1.82) is 0 Å². The summed E-state index contributed by atoms with van der Waals surface area (Å²) < 4.78 is 5.19. The lowest BCUT2D eigenvalue weighted by Gasteiger charge is -2.37. The van der Waals surface area contributed by atoms with Crippen LogP contribution in [0.5, 0.6) is 5.75 Å². The van der Waals surface area contributed by atoms with Crippen LogP contribution in [0.4, 0.5) is 22.7 Å². The Morgan fingerprint density at radius 2 is 1.85 bits per heavy atom. The van der Waals surface area contributed by atoms with Gasteiger partial charge in [-0.05, 0) is 36.5 Å². The Bertz CT molecular complexity index is 835. The number of nitro groups is 1. The molecule has 9 heteroatoms. The molecule has 0 unspecified atom stereocenters. The van der Waals surface area contributed by atoms with Crippen LogP contribution in [0.15, 0.2) is 42.5 Å². The molecular formula is C18H21N5O3S. The van der Waals surface area contributed by atoms with E-state index in [0.29, 0.717) is 10.8 Å². The first-order chi connectivity index (χ1) is 13.0. The van der Waals surface area contributed by atoms with Crippen LogP contribution in [-0.2, 0) is 0 Å². The summed E-state index contributed by atoms with van der Waals surface area (Å²) in [6.45, 7) is 3.09. The second-order valence-electron chi connectivity index (χ2n) is 6.13. The summed E-state index contributed by atoms with van der Waals surface area (Å²) >= 11 is 5.48. The Kier molecular flexibility index (Phi) is 5.60. The standard InChI is InChI=1S/C18H21N5O3S/c1-26-15-6-7-17(16(19)12-15)21-8-10-22(11-9-21)18(27)20-13-2-4-14(5-3-13)23(24)25/h2-7,12H,8-11,19H2,1H3,(H,20,27). The predicted octanol–water partition coefficient (Wildman–Crippen LogP) is 2.70. The zero-order chi connectivity index (χ0) is 19.4. The molecule has 142 valence electrons. The number of methoxy groups -OCH3 is 1. The minimum atomic E-state index is -0.424. The van der Waals surface area contributed by atoms with Crippen molar-refractivity contribution in [3.05, 3.63) is 52.6 Å². The molecule has 0 aliphatic carbocycles. The van der Waals surface area contributed by atoms with Crippen molar-refractivity contribution in [2.45, 2.75) is 0 Å². The number of nitrogens with one attached hydrogen (secondary N) is 1. The van der Waals surface area contributed by atoms with Gasteiger partial charge in [-0.1, -0.05) is 0 Å². The Labute approximate surface area is 162 Å². The summed E-state index contributed by atoms with van der Waals surface area (Å²) in [7, 11) is 1.62. The van der Waals surface area contributed by atoms with Gasteiger partial charge in [0.25, 0.3) is 5.69 Å². The number of nitrogens with zero attached hydrogens (tertiary/aromatic N) is 3. The average molecular weight is 387 g/mol. The van der Waals surface area contributed by atoms with Crippen molar-refractivity contribution < 1.29 is 9.66 Å². The van der Waals surface area contributed by atoms with E-state index in [0.717, 1.165) is 43.3 Å². The van der Waals surface area contributed by atoms with Gasteiger partial charge in [-0.3, -0.25) is 10.1 Å². The summed E-state index contributed by atoms with van der Waals surface area (Å²) in [4.78, 5) is 14.6. The van der Waals surface area contributed by atoms with E-state index in [-0.39, 0.29) is 5.69 Å². The first kappa shape index (κ1) is 18.7. The molecule has 1 saturated heterocycles. The molecule has 2 aromatic carbocycles. The van der Waals surface area contributed by atoms with Crippen LogP contribution in [0.2, 0.25) is 0 Å². The number of non-ortho nitro benzene ring substituents is 1. The van der Waals surface area contributed by atoms with E-state index in [4.69, 9.17) is 22.7 Å². The average Bonchev–Trinajstić information content (AvgIpc) is 2.68. The minimum absolute atomic E-state index is 0.0529. The molecule has 0 saturated carbocycles. The third kappa shape index (κ3) is 4.37. The Hall–Kier alpha value is -3.07. The van der Waals surface area contributed by atoms with Gasteiger partial charge in [0.15, 0.2) is 5.11 Å². The number of nitrogens with two attached hydrogens (primary N) is 1. The van der Waals surface area contributed by atoms with Gasteiger partial charge in [0.1, 0.15) is 5.75 Å². The van der Waals surface area contributed by atoms with E-state index in [1.54, 1.807) is 19.2 Å². The van der Waals surface area contributed by atoms with Crippen molar-refractivity contribution in [2.75, 3.05) is 49.2 Å². The van der Waals surface area contributed by atoms with Gasteiger partial charge >= 0.3 is 0 Å². The fourth-order valence-corrected chi connectivity index (χ4v) is 3.27. The van der Waals surface area contributed by atoms with Gasteiger partial charge in [0.2, 0.25) is 0 Å². The number of thiocarbonyl (C=S) groups is 1. The van der Waals surface area contributed by atoms with Crippen molar-refractivity contribution in [2.24, 2.45) is 0 Å². The summed E-state index contributed by atoms with van der Waals surface area (Å²) in [5, 5.41) is 14.5. The second-order valence-corrected chi connectivity index (χ2v) is 6.52. The molecular weight excluding hydrogens is 366 g/mol. The highest BCUT2D eigenvalue weighted by Crippen LogP contribution is 2.28. The summed E-state index contributed by atoms with van der Waals surface area (Å²) in [5.74, 6) is 0.739. The number of rotatable bonds is 4. The molecule has 3 N–H and O–H groups in total. The van der Waals surface area contributed by atoms with Gasteiger partial charge in [0.05, 0.1) is 23.4 Å². The van der Waals surface area contributed by atoms with Gasteiger partial charge in [-0.15, -0.1) is 0 Å². The molecule has 0 atom stereocenters. The zero-order valence-corrected chi connectivity index (χ0v) is 15.7. The molecule has 0 amide bonds. The SMILES string of the molecule is COc1ccc(N2CCN(C(=S)Nc3ccc([N+](=O)[O-])cc3)CC2)c(N)c1. The maximum Gasteiger partial charge on any atom is 0.269 e. The molecule has 8 nitrogen and oxygen atoms in total. The summed E-state index contributed by atoms with van der Waals surface area (Å²) in [6, 6.07) is 11.9. The van der Waals surface area contributed by atoms with Gasteiger partial charge in [0, 0.05) is 50.1 Å². The molecule has 27 heavy (non-hydrogen) atoms. The number of nitro benzene ring substituents is 1. The number of ether oxygens (including phenoxy) is 1. The van der Waals surface area contributed by atoms with Crippen LogP contribution in [0.3, 0.4) is 0 Å². The number of piperazine rings is 1.